The summed E-state index contributed by atoms with van der Waals surface area (Å²) in [5, 5.41) is 8.93. The molecule has 1 aliphatic rings. The van der Waals surface area contributed by atoms with E-state index in [0.29, 0.717) is 29.8 Å². The lowest BCUT2D eigenvalue weighted by atomic mass is 9.99. The van der Waals surface area contributed by atoms with Gasteiger partial charge in [-0.3, -0.25) is 9.59 Å². The van der Waals surface area contributed by atoms with Crippen molar-refractivity contribution in [3.8, 4) is 0 Å². The molecule has 136 valence electrons. The van der Waals surface area contributed by atoms with Gasteiger partial charge in [-0.2, -0.15) is 0 Å². The van der Waals surface area contributed by atoms with Crippen LogP contribution in [0.4, 0.5) is 4.39 Å². The number of nitrogens with zero attached hydrogens (tertiary/aromatic N) is 1. The Morgan fingerprint density at radius 1 is 1.23 bits per heavy atom. The first-order chi connectivity index (χ1) is 12.5. The van der Waals surface area contributed by atoms with Crippen molar-refractivity contribution < 1.29 is 23.8 Å². The third kappa shape index (κ3) is 3.91. The quantitative estimate of drug-likeness (QED) is 0.913. The molecular weight excluding hydrogens is 337 g/mol. The van der Waals surface area contributed by atoms with Gasteiger partial charge < -0.3 is 14.7 Å². The van der Waals surface area contributed by atoms with Gasteiger partial charge >= 0.3 is 5.97 Å². The summed E-state index contributed by atoms with van der Waals surface area (Å²) < 4.78 is 19.3. The fraction of sp³-hybridized carbons (Fsp3) is 0.300. The number of carbonyl (C=O) groups is 2. The average Bonchev–Trinajstić information content (AvgIpc) is 2.61. The number of morpholine rings is 1. The number of amides is 1. The van der Waals surface area contributed by atoms with Gasteiger partial charge in [-0.15, -0.1) is 0 Å². The molecule has 0 aromatic heterocycles. The van der Waals surface area contributed by atoms with E-state index in [1.807, 2.05) is 6.92 Å². The van der Waals surface area contributed by atoms with Crippen molar-refractivity contribution in [2.75, 3.05) is 13.2 Å². The monoisotopic (exact) mass is 357 g/mol. The highest BCUT2D eigenvalue weighted by Crippen LogP contribution is 2.29. The van der Waals surface area contributed by atoms with Crippen LogP contribution in [0.3, 0.4) is 0 Å². The van der Waals surface area contributed by atoms with Crippen molar-refractivity contribution >= 4 is 11.9 Å². The normalized spacial score (nSPS) is 20.0. The molecule has 6 heteroatoms. The summed E-state index contributed by atoms with van der Waals surface area (Å²) in [7, 11) is 0. The van der Waals surface area contributed by atoms with Gasteiger partial charge in [0.25, 0.3) is 5.91 Å². The van der Waals surface area contributed by atoms with Gasteiger partial charge in [0, 0.05) is 12.1 Å². The molecule has 2 aromatic rings. The van der Waals surface area contributed by atoms with Gasteiger partial charge in [0.05, 0.1) is 19.1 Å². The number of rotatable bonds is 4. The molecule has 26 heavy (non-hydrogen) atoms. The number of carboxylic acid groups (broad SMARTS) is 1. The minimum atomic E-state index is -0.944. The molecule has 1 aliphatic heterocycles. The maximum atomic E-state index is 13.5. The average molecular weight is 357 g/mol. The van der Waals surface area contributed by atoms with Crippen LogP contribution in [0.15, 0.2) is 48.5 Å². The molecule has 1 saturated heterocycles. The van der Waals surface area contributed by atoms with Crippen LogP contribution in [-0.4, -0.2) is 41.1 Å². The molecule has 3 rings (SSSR count). The second-order valence-corrected chi connectivity index (χ2v) is 6.36. The highest BCUT2D eigenvalue weighted by molar-refractivity contribution is 5.95. The second kappa shape index (κ2) is 7.66. The minimum Gasteiger partial charge on any atom is -0.481 e. The van der Waals surface area contributed by atoms with Gasteiger partial charge in [0.15, 0.2) is 0 Å². The highest BCUT2D eigenvalue weighted by atomic mass is 19.1. The standard InChI is InChI=1S/C20H20FNO4/c1-13-19(15-5-3-7-17(21)12-15)26-9-8-22(13)20(25)16-6-2-4-14(10-16)11-18(23)24/h2-7,10,12-13,19H,8-9,11H2,1H3,(H,23,24)/t13-,19+/m1/s1. The lowest BCUT2D eigenvalue weighted by Crippen LogP contribution is -2.48. The summed E-state index contributed by atoms with van der Waals surface area (Å²) in [4.78, 5) is 25.5. The topological polar surface area (TPSA) is 66.8 Å². The number of benzene rings is 2. The Balaban J connectivity index is 1.82. The highest BCUT2D eigenvalue weighted by Gasteiger charge is 2.33. The predicted molar refractivity (Wildman–Crippen MR) is 93.4 cm³/mol. The van der Waals surface area contributed by atoms with Gasteiger partial charge in [-0.1, -0.05) is 24.3 Å². The van der Waals surface area contributed by atoms with Crippen molar-refractivity contribution in [1.82, 2.24) is 4.90 Å². The fourth-order valence-electron chi connectivity index (χ4n) is 3.28. The molecule has 0 bridgehead atoms. The second-order valence-electron chi connectivity index (χ2n) is 6.36. The molecule has 0 spiro atoms. The van der Waals surface area contributed by atoms with Crippen molar-refractivity contribution in [3.63, 3.8) is 0 Å². The summed E-state index contributed by atoms with van der Waals surface area (Å²) in [6.45, 7) is 2.65. The van der Waals surface area contributed by atoms with Crippen molar-refractivity contribution in [3.05, 3.63) is 71.0 Å². The van der Waals surface area contributed by atoms with E-state index in [1.54, 1.807) is 41.3 Å². The molecule has 1 fully saturated rings. The Hall–Kier alpha value is -2.73. The maximum absolute atomic E-state index is 13.5. The Morgan fingerprint density at radius 2 is 2.00 bits per heavy atom. The molecule has 2 atom stereocenters. The lowest BCUT2D eigenvalue weighted by molar-refractivity contribution is -0.136. The lowest BCUT2D eigenvalue weighted by Gasteiger charge is -2.39. The van der Waals surface area contributed by atoms with Crippen LogP contribution in [-0.2, 0) is 16.0 Å². The number of carbonyl (C=O) groups excluding carboxylic acids is 1. The Morgan fingerprint density at radius 3 is 2.73 bits per heavy atom. The zero-order chi connectivity index (χ0) is 18.7. The van der Waals surface area contributed by atoms with E-state index in [1.165, 1.54) is 12.1 Å². The summed E-state index contributed by atoms with van der Waals surface area (Å²) in [5.74, 6) is -1.47. The van der Waals surface area contributed by atoms with Crippen molar-refractivity contribution in [1.29, 1.82) is 0 Å². The molecule has 0 aliphatic carbocycles. The number of hydrogen-bond acceptors (Lipinski definition) is 3. The smallest absolute Gasteiger partial charge is 0.307 e. The van der Waals surface area contributed by atoms with Crippen molar-refractivity contribution in [2.45, 2.75) is 25.5 Å². The fourth-order valence-corrected chi connectivity index (χ4v) is 3.28. The summed E-state index contributed by atoms with van der Waals surface area (Å²) >= 11 is 0. The Labute approximate surface area is 151 Å². The molecule has 1 N–H and O–H groups in total. The zero-order valence-electron chi connectivity index (χ0n) is 14.4. The molecule has 0 saturated carbocycles. The van der Waals surface area contributed by atoms with Gasteiger partial charge in [-0.25, -0.2) is 4.39 Å². The van der Waals surface area contributed by atoms with Crippen LogP contribution in [0.2, 0.25) is 0 Å². The van der Waals surface area contributed by atoms with E-state index in [4.69, 9.17) is 9.84 Å². The van der Waals surface area contributed by atoms with Crippen molar-refractivity contribution in [2.24, 2.45) is 0 Å². The molecule has 1 heterocycles. The first-order valence-electron chi connectivity index (χ1n) is 8.44. The van der Waals surface area contributed by atoms with Crippen LogP contribution >= 0.6 is 0 Å². The predicted octanol–water partition coefficient (Wildman–Crippen LogP) is 3.06. The number of halogens is 1. The van der Waals surface area contributed by atoms with Gasteiger partial charge in [0.1, 0.15) is 11.9 Å². The third-order valence-electron chi connectivity index (χ3n) is 4.53. The van der Waals surface area contributed by atoms with Crippen LogP contribution in [0.1, 0.15) is 34.5 Å². The molecule has 5 nitrogen and oxygen atoms in total. The van der Waals surface area contributed by atoms with E-state index in [0.717, 1.165) is 0 Å². The van der Waals surface area contributed by atoms with E-state index < -0.39 is 12.1 Å². The molecule has 0 radical (unpaired) electrons. The molecule has 2 aromatic carbocycles. The summed E-state index contributed by atoms with van der Waals surface area (Å²) in [6.07, 6.45) is -0.545. The maximum Gasteiger partial charge on any atom is 0.307 e. The number of aliphatic carboxylic acids is 1. The van der Waals surface area contributed by atoms with E-state index in [-0.39, 0.29) is 24.2 Å². The minimum absolute atomic E-state index is 0.133. The third-order valence-corrected chi connectivity index (χ3v) is 4.53. The van der Waals surface area contributed by atoms with Crippen LogP contribution in [0.5, 0.6) is 0 Å². The van der Waals surface area contributed by atoms with Crippen LogP contribution < -0.4 is 0 Å². The van der Waals surface area contributed by atoms with E-state index in [9.17, 15) is 14.0 Å². The summed E-state index contributed by atoms with van der Waals surface area (Å²) in [5.41, 5.74) is 1.70. The largest absolute Gasteiger partial charge is 0.481 e. The van der Waals surface area contributed by atoms with E-state index in [2.05, 4.69) is 0 Å². The zero-order valence-corrected chi connectivity index (χ0v) is 14.4. The molecule has 0 unspecified atom stereocenters. The van der Waals surface area contributed by atoms with E-state index >= 15 is 0 Å². The first kappa shape index (κ1) is 18.1. The molecule has 1 amide bonds. The van der Waals surface area contributed by atoms with Crippen LogP contribution in [0, 0.1) is 5.82 Å². The first-order valence-corrected chi connectivity index (χ1v) is 8.44. The van der Waals surface area contributed by atoms with Crippen LogP contribution in [0.25, 0.3) is 0 Å². The Kier molecular flexibility index (Phi) is 5.32. The Bertz CT molecular complexity index is 823. The summed E-state index contributed by atoms with van der Waals surface area (Å²) in [6, 6.07) is 12.6. The number of hydrogen-bond donors (Lipinski definition) is 1. The number of carboxylic acids is 1. The van der Waals surface area contributed by atoms with Gasteiger partial charge in [-0.05, 0) is 42.3 Å². The van der Waals surface area contributed by atoms with Gasteiger partial charge in [0.2, 0.25) is 0 Å². The molecular formula is C20H20FNO4. The number of ether oxygens (including phenoxy) is 1. The SMILES string of the molecule is C[C@@H]1[C@@H](c2cccc(F)c2)OCCN1C(=O)c1cccc(CC(=O)O)c1.